The summed E-state index contributed by atoms with van der Waals surface area (Å²) in [6.07, 6.45) is 3.66. The molecule has 166 valence electrons. The van der Waals surface area contributed by atoms with Crippen molar-refractivity contribution in [2.24, 2.45) is 0 Å². The number of rotatable bonds is 6. The first-order valence-corrected chi connectivity index (χ1v) is 9.68. The van der Waals surface area contributed by atoms with E-state index in [1.165, 1.54) is 4.90 Å². The SMILES string of the molecule is CC(C)N1CCN(c2cnc(-c3ccc(OCC(=O)N(C)C)cc3)cn2)CC1.Cl.Cl. The fraction of sp³-hybridized carbons (Fsp3) is 0.476. The number of halogens is 2. The van der Waals surface area contributed by atoms with E-state index in [2.05, 4.69) is 33.6 Å². The number of carbonyl (C=O) groups excluding carboxylic acids is 1. The molecule has 7 nitrogen and oxygen atoms in total. The summed E-state index contributed by atoms with van der Waals surface area (Å²) in [5.41, 5.74) is 1.79. The Labute approximate surface area is 191 Å². The van der Waals surface area contributed by atoms with Gasteiger partial charge in [0.05, 0.1) is 18.1 Å². The van der Waals surface area contributed by atoms with Gasteiger partial charge in [0.25, 0.3) is 5.91 Å². The van der Waals surface area contributed by atoms with E-state index in [4.69, 9.17) is 4.74 Å². The number of aromatic nitrogens is 2. The molecule has 1 saturated heterocycles. The van der Waals surface area contributed by atoms with Crippen molar-refractivity contribution in [3.05, 3.63) is 36.7 Å². The van der Waals surface area contributed by atoms with Crippen molar-refractivity contribution in [3.63, 3.8) is 0 Å². The van der Waals surface area contributed by atoms with Gasteiger partial charge in [-0.05, 0) is 38.1 Å². The lowest BCUT2D eigenvalue weighted by molar-refractivity contribution is -0.130. The first-order valence-electron chi connectivity index (χ1n) is 9.68. The van der Waals surface area contributed by atoms with Crippen LogP contribution >= 0.6 is 24.8 Å². The fourth-order valence-corrected chi connectivity index (χ4v) is 3.10. The molecule has 2 heterocycles. The van der Waals surface area contributed by atoms with Crippen LogP contribution in [-0.4, -0.2) is 78.6 Å². The number of benzene rings is 1. The van der Waals surface area contributed by atoms with Gasteiger partial charge in [0.2, 0.25) is 0 Å². The molecule has 1 aromatic carbocycles. The maximum atomic E-state index is 11.6. The van der Waals surface area contributed by atoms with E-state index >= 15 is 0 Å². The summed E-state index contributed by atoms with van der Waals surface area (Å²) in [7, 11) is 3.42. The molecule has 1 aliphatic rings. The van der Waals surface area contributed by atoms with Gasteiger partial charge in [-0.1, -0.05) is 0 Å². The normalized spacial score (nSPS) is 14.0. The average Bonchev–Trinajstić information content (AvgIpc) is 2.72. The van der Waals surface area contributed by atoms with Gasteiger partial charge in [-0.25, -0.2) is 4.98 Å². The minimum atomic E-state index is -0.0697. The van der Waals surface area contributed by atoms with E-state index in [9.17, 15) is 4.79 Å². The molecule has 0 N–H and O–H groups in total. The van der Waals surface area contributed by atoms with Crippen LogP contribution in [0.15, 0.2) is 36.7 Å². The number of piperazine rings is 1. The van der Waals surface area contributed by atoms with Crippen molar-refractivity contribution in [1.29, 1.82) is 0 Å². The summed E-state index contributed by atoms with van der Waals surface area (Å²) < 4.78 is 5.51. The van der Waals surface area contributed by atoms with Crippen LogP contribution in [0.2, 0.25) is 0 Å². The number of hydrogen-bond acceptors (Lipinski definition) is 6. The lowest BCUT2D eigenvalue weighted by Crippen LogP contribution is -2.49. The first kappa shape index (κ1) is 25.9. The Hall–Kier alpha value is -2.09. The number of carbonyl (C=O) groups is 1. The Morgan fingerprint density at radius 1 is 1.03 bits per heavy atom. The Bertz CT molecular complexity index is 777. The zero-order valence-electron chi connectivity index (χ0n) is 17.9. The molecule has 1 fully saturated rings. The van der Waals surface area contributed by atoms with Crippen LogP contribution in [-0.2, 0) is 4.79 Å². The topological polar surface area (TPSA) is 61.8 Å². The largest absolute Gasteiger partial charge is 0.484 e. The zero-order chi connectivity index (χ0) is 20.1. The van der Waals surface area contributed by atoms with Crippen molar-refractivity contribution in [2.75, 3.05) is 51.8 Å². The summed E-state index contributed by atoms with van der Waals surface area (Å²) in [5.74, 6) is 1.51. The molecule has 1 aromatic heterocycles. The molecule has 30 heavy (non-hydrogen) atoms. The Balaban J connectivity index is 0.00000225. The Morgan fingerprint density at radius 2 is 1.67 bits per heavy atom. The average molecular weight is 456 g/mol. The summed E-state index contributed by atoms with van der Waals surface area (Å²) in [6.45, 7) is 8.57. The molecule has 1 amide bonds. The summed E-state index contributed by atoms with van der Waals surface area (Å²) in [4.78, 5) is 27.1. The van der Waals surface area contributed by atoms with Crippen molar-refractivity contribution < 1.29 is 9.53 Å². The van der Waals surface area contributed by atoms with Gasteiger partial charge in [-0.3, -0.25) is 14.7 Å². The quantitative estimate of drug-likeness (QED) is 0.666. The molecule has 2 aromatic rings. The Morgan fingerprint density at radius 3 is 2.17 bits per heavy atom. The third-order valence-electron chi connectivity index (χ3n) is 5.02. The molecule has 1 aliphatic heterocycles. The van der Waals surface area contributed by atoms with Gasteiger partial charge in [-0.2, -0.15) is 0 Å². The molecule has 0 radical (unpaired) electrons. The highest BCUT2D eigenvalue weighted by Crippen LogP contribution is 2.22. The van der Waals surface area contributed by atoms with Gasteiger partial charge in [0.15, 0.2) is 6.61 Å². The second-order valence-electron chi connectivity index (χ2n) is 7.48. The lowest BCUT2D eigenvalue weighted by atomic mass is 10.1. The van der Waals surface area contributed by atoms with Crippen LogP contribution in [0.1, 0.15) is 13.8 Å². The highest BCUT2D eigenvalue weighted by Gasteiger charge is 2.19. The van der Waals surface area contributed by atoms with Crippen LogP contribution in [0.5, 0.6) is 5.75 Å². The van der Waals surface area contributed by atoms with E-state index in [0.717, 1.165) is 43.3 Å². The van der Waals surface area contributed by atoms with Crippen LogP contribution < -0.4 is 9.64 Å². The molecule has 0 saturated carbocycles. The van der Waals surface area contributed by atoms with E-state index < -0.39 is 0 Å². The summed E-state index contributed by atoms with van der Waals surface area (Å²) in [5, 5.41) is 0. The van der Waals surface area contributed by atoms with E-state index in [1.807, 2.05) is 36.7 Å². The molecular formula is C21H31Cl2N5O2. The minimum Gasteiger partial charge on any atom is -0.484 e. The number of hydrogen-bond donors (Lipinski definition) is 0. The molecule has 0 spiro atoms. The van der Waals surface area contributed by atoms with Gasteiger partial charge in [0, 0.05) is 51.9 Å². The zero-order valence-corrected chi connectivity index (χ0v) is 19.6. The maximum Gasteiger partial charge on any atom is 0.259 e. The molecule has 3 rings (SSSR count). The highest BCUT2D eigenvalue weighted by atomic mass is 35.5. The van der Waals surface area contributed by atoms with E-state index in [1.54, 1.807) is 14.1 Å². The maximum absolute atomic E-state index is 11.6. The van der Waals surface area contributed by atoms with Crippen LogP contribution in [0.3, 0.4) is 0 Å². The Kier molecular flexibility index (Phi) is 10.3. The van der Waals surface area contributed by atoms with Crippen molar-refractivity contribution in [2.45, 2.75) is 19.9 Å². The molecule has 9 heteroatoms. The van der Waals surface area contributed by atoms with Crippen LogP contribution in [0.25, 0.3) is 11.3 Å². The highest BCUT2D eigenvalue weighted by molar-refractivity contribution is 5.85. The predicted octanol–water partition coefficient (Wildman–Crippen LogP) is 2.98. The van der Waals surface area contributed by atoms with Crippen molar-refractivity contribution in [1.82, 2.24) is 19.8 Å². The van der Waals surface area contributed by atoms with Gasteiger partial charge in [0.1, 0.15) is 11.6 Å². The predicted molar refractivity (Wildman–Crippen MR) is 125 cm³/mol. The monoisotopic (exact) mass is 455 g/mol. The van der Waals surface area contributed by atoms with Gasteiger partial charge < -0.3 is 14.5 Å². The molecule has 0 aliphatic carbocycles. The van der Waals surface area contributed by atoms with Crippen molar-refractivity contribution >= 4 is 36.5 Å². The smallest absolute Gasteiger partial charge is 0.259 e. The third kappa shape index (κ3) is 6.72. The number of nitrogens with zero attached hydrogens (tertiary/aromatic N) is 5. The van der Waals surface area contributed by atoms with Gasteiger partial charge >= 0.3 is 0 Å². The summed E-state index contributed by atoms with van der Waals surface area (Å²) >= 11 is 0. The molecule has 0 unspecified atom stereocenters. The first-order chi connectivity index (χ1) is 13.4. The number of amides is 1. The fourth-order valence-electron chi connectivity index (χ4n) is 3.10. The van der Waals surface area contributed by atoms with Crippen LogP contribution in [0, 0.1) is 0 Å². The van der Waals surface area contributed by atoms with E-state index in [0.29, 0.717) is 11.8 Å². The second-order valence-corrected chi connectivity index (χ2v) is 7.48. The number of anilines is 1. The van der Waals surface area contributed by atoms with Crippen molar-refractivity contribution in [3.8, 4) is 17.0 Å². The van der Waals surface area contributed by atoms with E-state index in [-0.39, 0.29) is 37.3 Å². The molecule has 0 atom stereocenters. The third-order valence-corrected chi connectivity index (χ3v) is 5.02. The van der Waals surface area contributed by atoms with Crippen LogP contribution in [0.4, 0.5) is 5.82 Å². The standard InChI is InChI=1S/C21H29N5O2.2ClH/c1-16(2)25-9-11-26(12-10-25)20-14-22-19(13-23-20)17-5-7-18(8-6-17)28-15-21(27)24(3)4;;/h5-8,13-14,16H,9-12,15H2,1-4H3;2*1H. The second kappa shape index (κ2) is 11.9. The molecular weight excluding hydrogens is 425 g/mol. The molecule has 0 bridgehead atoms. The number of likely N-dealkylation sites (N-methyl/N-ethyl adjacent to an activating group) is 1. The minimum absolute atomic E-state index is 0. The number of ether oxygens (including phenoxy) is 1. The lowest BCUT2D eigenvalue weighted by Gasteiger charge is -2.37. The summed E-state index contributed by atoms with van der Waals surface area (Å²) in [6, 6.07) is 8.14. The van der Waals surface area contributed by atoms with Gasteiger partial charge in [-0.15, -0.1) is 24.8 Å².